The summed E-state index contributed by atoms with van der Waals surface area (Å²) in [5.41, 5.74) is 6.14. The SMILES string of the molecule is COc1cccc([C@@](C)(N)CO)c1I. The molecule has 3 nitrogen and oxygen atoms in total. The van der Waals surface area contributed by atoms with Gasteiger partial charge in [0.05, 0.1) is 22.8 Å². The van der Waals surface area contributed by atoms with Crippen LogP contribution in [0.3, 0.4) is 0 Å². The molecule has 0 amide bonds. The number of hydrogen-bond acceptors (Lipinski definition) is 3. The Labute approximate surface area is 97.4 Å². The zero-order chi connectivity index (χ0) is 10.8. The van der Waals surface area contributed by atoms with Crippen LogP contribution in [0.25, 0.3) is 0 Å². The van der Waals surface area contributed by atoms with Crippen molar-refractivity contribution in [3.63, 3.8) is 0 Å². The van der Waals surface area contributed by atoms with Gasteiger partial charge in [-0.3, -0.25) is 0 Å². The van der Waals surface area contributed by atoms with E-state index in [0.29, 0.717) is 0 Å². The molecule has 1 aromatic carbocycles. The highest BCUT2D eigenvalue weighted by atomic mass is 127. The van der Waals surface area contributed by atoms with E-state index in [1.807, 2.05) is 18.2 Å². The van der Waals surface area contributed by atoms with Gasteiger partial charge in [-0.15, -0.1) is 0 Å². The molecule has 0 bridgehead atoms. The van der Waals surface area contributed by atoms with Gasteiger partial charge in [-0.25, -0.2) is 0 Å². The molecule has 0 saturated carbocycles. The van der Waals surface area contributed by atoms with Crippen LogP contribution in [0.2, 0.25) is 0 Å². The topological polar surface area (TPSA) is 55.5 Å². The van der Waals surface area contributed by atoms with Crippen LogP contribution in [0.1, 0.15) is 12.5 Å². The van der Waals surface area contributed by atoms with Gasteiger partial charge in [0.1, 0.15) is 5.75 Å². The fraction of sp³-hybridized carbons (Fsp3) is 0.400. The summed E-state index contributed by atoms with van der Waals surface area (Å²) < 4.78 is 6.13. The molecular formula is C10H14INO2. The molecule has 78 valence electrons. The molecule has 0 heterocycles. The van der Waals surface area contributed by atoms with Crippen LogP contribution < -0.4 is 10.5 Å². The summed E-state index contributed by atoms with van der Waals surface area (Å²) in [7, 11) is 1.62. The minimum atomic E-state index is -0.717. The van der Waals surface area contributed by atoms with Crippen molar-refractivity contribution in [1.82, 2.24) is 0 Å². The van der Waals surface area contributed by atoms with E-state index >= 15 is 0 Å². The highest BCUT2D eigenvalue weighted by Gasteiger charge is 2.23. The van der Waals surface area contributed by atoms with E-state index in [9.17, 15) is 0 Å². The normalized spacial score (nSPS) is 14.9. The van der Waals surface area contributed by atoms with E-state index in [4.69, 9.17) is 15.6 Å². The van der Waals surface area contributed by atoms with Crippen molar-refractivity contribution < 1.29 is 9.84 Å². The van der Waals surface area contributed by atoms with Crippen molar-refractivity contribution in [3.05, 3.63) is 27.3 Å². The van der Waals surface area contributed by atoms with E-state index in [0.717, 1.165) is 14.9 Å². The highest BCUT2D eigenvalue weighted by Crippen LogP contribution is 2.29. The lowest BCUT2D eigenvalue weighted by atomic mass is 9.94. The maximum Gasteiger partial charge on any atom is 0.132 e. The predicted molar refractivity (Wildman–Crippen MR) is 64.3 cm³/mol. The van der Waals surface area contributed by atoms with Crippen LogP contribution in [0, 0.1) is 3.57 Å². The number of halogens is 1. The second-order valence-corrected chi connectivity index (χ2v) is 4.48. The molecule has 0 fully saturated rings. The Hall–Kier alpha value is -0.330. The third kappa shape index (κ3) is 2.18. The molecule has 0 aliphatic carbocycles. The average molecular weight is 307 g/mol. The smallest absolute Gasteiger partial charge is 0.132 e. The van der Waals surface area contributed by atoms with Crippen LogP contribution in [0.4, 0.5) is 0 Å². The summed E-state index contributed by atoms with van der Waals surface area (Å²) >= 11 is 2.17. The van der Waals surface area contributed by atoms with Gasteiger partial charge in [0.15, 0.2) is 0 Å². The van der Waals surface area contributed by atoms with E-state index in [-0.39, 0.29) is 6.61 Å². The van der Waals surface area contributed by atoms with Crippen molar-refractivity contribution in [1.29, 1.82) is 0 Å². The molecule has 0 aromatic heterocycles. The molecule has 3 N–H and O–H groups in total. The molecule has 0 aliphatic heterocycles. The number of aliphatic hydroxyl groups is 1. The Morgan fingerprint density at radius 3 is 2.71 bits per heavy atom. The zero-order valence-electron chi connectivity index (χ0n) is 8.25. The Bertz CT molecular complexity index is 326. The Balaban J connectivity index is 3.22. The standard InChI is InChI=1S/C10H14INO2/c1-10(12,6-13)7-4-3-5-8(14-2)9(7)11/h3-5,13H,6,12H2,1-2H3/t10-/m0/s1. The first-order valence-corrected chi connectivity index (χ1v) is 5.33. The third-order valence-electron chi connectivity index (χ3n) is 2.13. The summed E-state index contributed by atoms with van der Waals surface area (Å²) in [5.74, 6) is 0.785. The molecule has 4 heteroatoms. The van der Waals surface area contributed by atoms with Gasteiger partial charge in [0.2, 0.25) is 0 Å². The molecule has 1 rings (SSSR count). The number of rotatable bonds is 3. The first-order valence-electron chi connectivity index (χ1n) is 4.25. The maximum atomic E-state index is 9.17. The lowest BCUT2D eigenvalue weighted by molar-refractivity contribution is 0.209. The van der Waals surface area contributed by atoms with Crippen molar-refractivity contribution in [3.8, 4) is 5.75 Å². The second kappa shape index (κ2) is 4.46. The van der Waals surface area contributed by atoms with E-state index in [1.54, 1.807) is 14.0 Å². The van der Waals surface area contributed by atoms with Crippen LogP contribution >= 0.6 is 22.6 Å². The molecule has 1 atom stereocenters. The van der Waals surface area contributed by atoms with Gasteiger partial charge in [0.25, 0.3) is 0 Å². The number of ether oxygens (including phenoxy) is 1. The molecule has 1 aromatic rings. The highest BCUT2D eigenvalue weighted by molar-refractivity contribution is 14.1. The van der Waals surface area contributed by atoms with Crippen LogP contribution in [-0.2, 0) is 5.54 Å². The van der Waals surface area contributed by atoms with Crippen LogP contribution in [0.15, 0.2) is 18.2 Å². The number of methoxy groups -OCH3 is 1. The third-order valence-corrected chi connectivity index (χ3v) is 3.24. The average Bonchev–Trinajstić information content (AvgIpc) is 2.18. The second-order valence-electron chi connectivity index (χ2n) is 3.40. The predicted octanol–water partition coefficient (Wildman–Crippen LogP) is 1.47. The summed E-state index contributed by atoms with van der Waals surface area (Å²) in [6.45, 7) is 1.71. The summed E-state index contributed by atoms with van der Waals surface area (Å²) in [6.07, 6.45) is 0. The first-order chi connectivity index (χ1) is 6.53. The summed E-state index contributed by atoms with van der Waals surface area (Å²) in [4.78, 5) is 0. The molecule has 0 aliphatic rings. The minimum absolute atomic E-state index is 0.0871. The first kappa shape index (κ1) is 11.7. The van der Waals surface area contributed by atoms with Crippen molar-refractivity contribution in [2.75, 3.05) is 13.7 Å². The maximum absolute atomic E-state index is 9.17. The summed E-state index contributed by atoms with van der Waals surface area (Å²) in [6, 6.07) is 5.65. The molecular weight excluding hydrogens is 293 g/mol. The Kier molecular flexibility index (Phi) is 3.74. The van der Waals surface area contributed by atoms with E-state index in [2.05, 4.69) is 22.6 Å². The van der Waals surface area contributed by atoms with Crippen LogP contribution in [-0.4, -0.2) is 18.8 Å². The van der Waals surface area contributed by atoms with Crippen molar-refractivity contribution >= 4 is 22.6 Å². The van der Waals surface area contributed by atoms with Crippen LogP contribution in [0.5, 0.6) is 5.75 Å². The molecule has 0 radical (unpaired) electrons. The summed E-state index contributed by atoms with van der Waals surface area (Å²) in [5, 5.41) is 9.17. The van der Waals surface area contributed by atoms with Crippen molar-refractivity contribution in [2.24, 2.45) is 5.73 Å². The Morgan fingerprint density at radius 1 is 1.57 bits per heavy atom. The van der Waals surface area contributed by atoms with Gasteiger partial charge in [-0.05, 0) is 41.1 Å². The van der Waals surface area contributed by atoms with Gasteiger partial charge in [-0.2, -0.15) is 0 Å². The zero-order valence-corrected chi connectivity index (χ0v) is 10.4. The fourth-order valence-electron chi connectivity index (χ4n) is 1.19. The number of nitrogens with two attached hydrogens (primary N) is 1. The molecule has 0 saturated heterocycles. The number of aliphatic hydroxyl groups excluding tert-OH is 1. The molecule has 0 spiro atoms. The lowest BCUT2D eigenvalue weighted by Crippen LogP contribution is -2.37. The monoisotopic (exact) mass is 307 g/mol. The van der Waals surface area contributed by atoms with E-state index in [1.165, 1.54) is 0 Å². The van der Waals surface area contributed by atoms with E-state index < -0.39 is 5.54 Å². The van der Waals surface area contributed by atoms with Gasteiger partial charge in [-0.1, -0.05) is 12.1 Å². The quantitative estimate of drug-likeness (QED) is 0.832. The van der Waals surface area contributed by atoms with Gasteiger partial charge in [0, 0.05) is 0 Å². The number of hydrogen-bond donors (Lipinski definition) is 2. The largest absolute Gasteiger partial charge is 0.496 e. The fourth-order valence-corrected chi connectivity index (χ4v) is 2.39. The lowest BCUT2D eigenvalue weighted by Gasteiger charge is -2.24. The van der Waals surface area contributed by atoms with Gasteiger partial charge < -0.3 is 15.6 Å². The van der Waals surface area contributed by atoms with Crippen molar-refractivity contribution in [2.45, 2.75) is 12.5 Å². The van der Waals surface area contributed by atoms with Gasteiger partial charge >= 0.3 is 0 Å². The molecule has 14 heavy (non-hydrogen) atoms. The molecule has 0 unspecified atom stereocenters. The Morgan fingerprint density at radius 2 is 2.21 bits per heavy atom. The minimum Gasteiger partial charge on any atom is -0.496 e. The number of benzene rings is 1.